The van der Waals surface area contributed by atoms with Crippen LogP contribution in [0.5, 0.6) is 11.5 Å². The number of likely N-dealkylation sites (N-methyl/N-ethyl adjacent to an activating group) is 1. The summed E-state index contributed by atoms with van der Waals surface area (Å²) in [5, 5.41) is 6.64. The molecule has 0 radical (unpaired) electrons. The first kappa shape index (κ1) is 23.7. The largest absolute Gasteiger partial charge is 0.457 e. The van der Waals surface area contributed by atoms with Crippen molar-refractivity contribution in [3.63, 3.8) is 0 Å². The lowest BCUT2D eigenvalue weighted by Crippen LogP contribution is -2.52. The number of nitrogens with zero attached hydrogens (tertiary/aromatic N) is 4. The van der Waals surface area contributed by atoms with Gasteiger partial charge in [0.2, 0.25) is 5.91 Å². The Hall–Kier alpha value is -3.63. The summed E-state index contributed by atoms with van der Waals surface area (Å²) in [6.45, 7) is 3.83. The summed E-state index contributed by atoms with van der Waals surface area (Å²) in [6, 6.07) is 10.5. The number of rotatable bonds is 5. The summed E-state index contributed by atoms with van der Waals surface area (Å²) < 4.78 is 5.93. The van der Waals surface area contributed by atoms with Gasteiger partial charge in [-0.15, -0.1) is 0 Å². The van der Waals surface area contributed by atoms with Crippen molar-refractivity contribution >= 4 is 35.1 Å². The molecule has 1 fully saturated rings. The van der Waals surface area contributed by atoms with Crippen LogP contribution in [0.3, 0.4) is 0 Å². The molecule has 3 aliphatic heterocycles. The number of ether oxygens (including phenoxy) is 1. The molecular weight excluding hydrogens is 488 g/mol. The van der Waals surface area contributed by atoms with E-state index < -0.39 is 11.3 Å². The molecule has 0 aliphatic carbocycles. The number of anilines is 2. The summed E-state index contributed by atoms with van der Waals surface area (Å²) in [4.78, 5) is 39.3. The van der Waals surface area contributed by atoms with E-state index in [2.05, 4.69) is 32.5 Å². The van der Waals surface area contributed by atoms with Crippen molar-refractivity contribution < 1.29 is 14.3 Å². The number of benzene rings is 1. The first-order valence-electron chi connectivity index (χ1n) is 12.4. The lowest BCUT2D eigenvalue weighted by atomic mass is 9.98. The van der Waals surface area contributed by atoms with Crippen LogP contribution in [0, 0.1) is 6.92 Å². The molecule has 3 atom stereocenters. The molecule has 0 saturated carbocycles. The third-order valence-electron chi connectivity index (χ3n) is 7.03. The molecule has 3 aromatic rings. The molecular formula is C27H28N6O3S. The number of carbonyl (C=O) groups is 2. The monoisotopic (exact) mass is 516 g/mol. The highest BCUT2D eigenvalue weighted by molar-refractivity contribution is 8.01. The molecule has 2 aromatic heterocycles. The highest BCUT2D eigenvalue weighted by Gasteiger charge is 2.47. The van der Waals surface area contributed by atoms with E-state index in [1.54, 1.807) is 35.6 Å². The second kappa shape index (κ2) is 9.68. The predicted molar refractivity (Wildman–Crippen MR) is 141 cm³/mol. The van der Waals surface area contributed by atoms with Crippen LogP contribution in [0.4, 0.5) is 16.2 Å². The first-order valence-corrected chi connectivity index (χ1v) is 13.3. The summed E-state index contributed by atoms with van der Waals surface area (Å²) in [5.41, 5.74) is 3.27. The Morgan fingerprint density at radius 3 is 2.76 bits per heavy atom. The zero-order valence-electron chi connectivity index (χ0n) is 20.7. The average molecular weight is 517 g/mol. The van der Waals surface area contributed by atoms with Gasteiger partial charge in [-0.05, 0) is 75.3 Å². The molecule has 1 saturated heterocycles. The fraction of sp³-hybridized carbons (Fsp3) is 0.333. The zero-order chi connectivity index (χ0) is 25.5. The zero-order valence-corrected chi connectivity index (χ0v) is 21.5. The molecule has 3 aliphatic rings. The highest BCUT2D eigenvalue weighted by atomic mass is 32.2. The van der Waals surface area contributed by atoms with Gasteiger partial charge in [0.1, 0.15) is 21.8 Å². The van der Waals surface area contributed by atoms with E-state index in [-0.39, 0.29) is 18.0 Å². The molecule has 2 N–H and O–H groups in total. The number of hydrogen-bond donors (Lipinski definition) is 2. The Morgan fingerprint density at radius 1 is 1.14 bits per heavy atom. The van der Waals surface area contributed by atoms with Crippen LogP contribution in [0.2, 0.25) is 0 Å². The third kappa shape index (κ3) is 4.51. The lowest BCUT2D eigenvalue weighted by molar-refractivity contribution is -0.122. The SMILES string of the molecule is Cc1cc(Oc2ccncc2)ccc1N1C(=O)NC2c3c1ccnc3S[C@H]2C(=O)NC1CCCN(C)C1. The van der Waals surface area contributed by atoms with Crippen LogP contribution < -0.4 is 20.3 Å². The third-order valence-corrected chi connectivity index (χ3v) is 8.32. The van der Waals surface area contributed by atoms with Gasteiger partial charge in [-0.1, -0.05) is 11.8 Å². The number of hydrogen-bond acceptors (Lipinski definition) is 7. The van der Waals surface area contributed by atoms with Crippen LogP contribution in [0.25, 0.3) is 0 Å². The fourth-order valence-electron chi connectivity index (χ4n) is 5.32. The fourth-order valence-corrected chi connectivity index (χ4v) is 6.55. The maximum absolute atomic E-state index is 13.5. The number of pyridine rings is 2. The van der Waals surface area contributed by atoms with Crippen LogP contribution in [-0.2, 0) is 4.79 Å². The summed E-state index contributed by atoms with van der Waals surface area (Å²) in [7, 11) is 2.07. The Kier molecular flexibility index (Phi) is 6.21. The minimum atomic E-state index is -0.459. The minimum absolute atomic E-state index is 0.0539. The van der Waals surface area contributed by atoms with Gasteiger partial charge in [-0.3, -0.25) is 14.7 Å². The van der Waals surface area contributed by atoms with Gasteiger partial charge in [0.15, 0.2) is 0 Å². The van der Waals surface area contributed by atoms with Gasteiger partial charge in [-0.25, -0.2) is 9.78 Å². The molecule has 5 heterocycles. The molecule has 0 bridgehead atoms. The van der Waals surface area contributed by atoms with Crippen molar-refractivity contribution in [2.45, 2.75) is 42.1 Å². The number of likely N-dealkylation sites (tertiary alicyclic amines) is 1. The van der Waals surface area contributed by atoms with Crippen molar-refractivity contribution in [2.75, 3.05) is 25.0 Å². The topological polar surface area (TPSA) is 99.7 Å². The molecule has 3 amide bonds. The smallest absolute Gasteiger partial charge is 0.327 e. The molecule has 0 spiro atoms. The van der Waals surface area contributed by atoms with Crippen molar-refractivity contribution in [2.24, 2.45) is 0 Å². The minimum Gasteiger partial charge on any atom is -0.457 e. The van der Waals surface area contributed by atoms with E-state index >= 15 is 0 Å². The number of piperidine rings is 1. The Bertz CT molecular complexity index is 1350. The number of amides is 3. The molecule has 2 unspecified atom stereocenters. The van der Waals surface area contributed by atoms with E-state index in [0.29, 0.717) is 11.5 Å². The van der Waals surface area contributed by atoms with Crippen molar-refractivity contribution in [3.8, 4) is 11.5 Å². The number of thioether (sulfide) groups is 1. The van der Waals surface area contributed by atoms with E-state index in [4.69, 9.17) is 4.74 Å². The molecule has 9 nitrogen and oxygen atoms in total. The van der Waals surface area contributed by atoms with E-state index in [0.717, 1.165) is 53.5 Å². The van der Waals surface area contributed by atoms with Crippen molar-refractivity contribution in [3.05, 3.63) is 66.1 Å². The maximum atomic E-state index is 13.5. The number of nitrogens with one attached hydrogen (secondary N) is 2. The molecule has 1 aromatic carbocycles. The van der Waals surface area contributed by atoms with Gasteiger partial charge in [-0.2, -0.15) is 0 Å². The van der Waals surface area contributed by atoms with Gasteiger partial charge in [0, 0.05) is 36.7 Å². The van der Waals surface area contributed by atoms with E-state index in [9.17, 15) is 9.59 Å². The molecule has 190 valence electrons. The predicted octanol–water partition coefficient (Wildman–Crippen LogP) is 4.16. The summed E-state index contributed by atoms with van der Waals surface area (Å²) >= 11 is 1.42. The molecule has 6 rings (SSSR count). The maximum Gasteiger partial charge on any atom is 0.327 e. The first-order chi connectivity index (χ1) is 18.0. The molecule has 37 heavy (non-hydrogen) atoms. The lowest BCUT2D eigenvalue weighted by Gasteiger charge is -2.35. The van der Waals surface area contributed by atoms with Gasteiger partial charge >= 0.3 is 6.03 Å². The van der Waals surface area contributed by atoms with Crippen molar-refractivity contribution in [1.82, 2.24) is 25.5 Å². The van der Waals surface area contributed by atoms with Gasteiger partial charge in [0.25, 0.3) is 0 Å². The standard InChI is InChI=1S/C27H28N6O3S/c1-16-14-19(36-18-7-10-28-11-8-18)5-6-20(16)33-21-9-12-29-26-22(21)23(31-27(33)35)24(37-26)25(34)30-17-4-3-13-32(2)15-17/h5-12,14,17,23-24H,3-4,13,15H2,1-2H3,(H,30,34)(H,31,35)/t17?,23?,24-/m1/s1. The Labute approximate surface area is 219 Å². The van der Waals surface area contributed by atoms with Crippen LogP contribution in [-0.4, -0.2) is 58.2 Å². The van der Waals surface area contributed by atoms with Crippen LogP contribution >= 0.6 is 11.8 Å². The van der Waals surface area contributed by atoms with Crippen molar-refractivity contribution in [1.29, 1.82) is 0 Å². The second-order valence-electron chi connectivity index (χ2n) is 9.69. The van der Waals surface area contributed by atoms with Crippen LogP contribution in [0.15, 0.2) is 60.0 Å². The second-order valence-corrected chi connectivity index (χ2v) is 10.8. The number of aromatic nitrogens is 2. The Morgan fingerprint density at radius 2 is 1.97 bits per heavy atom. The summed E-state index contributed by atoms with van der Waals surface area (Å²) in [6.07, 6.45) is 7.08. The normalized spacial score (nSPS) is 22.8. The highest BCUT2D eigenvalue weighted by Crippen LogP contribution is 2.51. The van der Waals surface area contributed by atoms with E-state index in [1.165, 1.54) is 11.8 Å². The van der Waals surface area contributed by atoms with E-state index in [1.807, 2.05) is 31.2 Å². The summed E-state index contributed by atoms with van der Waals surface area (Å²) in [5.74, 6) is 1.30. The number of aryl methyl sites for hydroxylation is 1. The average Bonchev–Trinajstić information content (AvgIpc) is 3.25. The number of urea groups is 1. The van der Waals surface area contributed by atoms with Gasteiger partial charge < -0.3 is 20.3 Å². The number of carbonyl (C=O) groups excluding carboxylic acids is 2. The molecule has 10 heteroatoms. The van der Waals surface area contributed by atoms with Crippen LogP contribution in [0.1, 0.15) is 30.0 Å². The van der Waals surface area contributed by atoms with Gasteiger partial charge in [0.05, 0.1) is 17.4 Å². The quantitative estimate of drug-likeness (QED) is 0.525. The Balaban J connectivity index is 1.26.